The zero-order valence-electron chi connectivity index (χ0n) is 22.1. The van der Waals surface area contributed by atoms with Crippen LogP contribution in [0.2, 0.25) is 5.02 Å². The minimum atomic E-state index is -1.39. The molecule has 2 aromatic carbocycles. The Balaban J connectivity index is 1.29. The lowest BCUT2D eigenvalue weighted by atomic mass is 9.51. The Bertz CT molecular complexity index is 1480. The van der Waals surface area contributed by atoms with Gasteiger partial charge in [-0.1, -0.05) is 36.4 Å². The molecule has 1 spiro atoms. The Labute approximate surface area is 240 Å². The first kappa shape index (κ1) is 27.2. The number of carboxylic acids is 1. The molecule has 8 nitrogen and oxygen atoms in total. The molecule has 10 heteroatoms. The average molecular weight is 584 g/mol. The second-order valence-electron chi connectivity index (χ2n) is 12.0. The van der Waals surface area contributed by atoms with E-state index in [0.717, 1.165) is 36.3 Å². The maximum absolute atomic E-state index is 14.2. The van der Waals surface area contributed by atoms with Crippen molar-refractivity contribution in [2.45, 2.75) is 62.6 Å². The standard InChI is InChI=1S/C30H30ClNO7S/c1-28(10-9-22(34)32-23-19(33)8-7-18(24(23)35)27(37)38)25-20-11-15-12-30(25,14-29(15,2)39-20)13-21(26(28)36)40-17-5-3-16(31)4-6-17/h3-8,13,15,20,25,33,35H,9-12,14H2,1-2H3,(H,32,34)(H,37,38)/t15-,20+,25+,28+,29+,30-/m1/s1. The summed E-state index contributed by atoms with van der Waals surface area (Å²) in [5, 5.41) is 32.9. The second kappa shape index (κ2) is 9.26. The highest BCUT2D eigenvalue weighted by Gasteiger charge is 2.72. The number of aromatic hydroxyl groups is 2. The fourth-order valence-electron chi connectivity index (χ4n) is 7.92. The summed E-state index contributed by atoms with van der Waals surface area (Å²) in [6.07, 6.45) is 4.93. The normalized spacial score (nSPS) is 33.5. The molecule has 40 heavy (non-hydrogen) atoms. The summed E-state index contributed by atoms with van der Waals surface area (Å²) in [6.45, 7) is 4.11. The number of phenols is 2. The van der Waals surface area contributed by atoms with Crippen LogP contribution in [-0.2, 0) is 14.3 Å². The van der Waals surface area contributed by atoms with Gasteiger partial charge in [0.1, 0.15) is 17.0 Å². The second-order valence-corrected chi connectivity index (χ2v) is 13.6. The van der Waals surface area contributed by atoms with E-state index >= 15 is 0 Å². The Hall–Kier alpha value is -3.01. The maximum Gasteiger partial charge on any atom is 0.339 e. The highest BCUT2D eigenvalue weighted by molar-refractivity contribution is 8.04. The summed E-state index contributed by atoms with van der Waals surface area (Å²) in [5.41, 5.74) is -2.12. The Morgan fingerprint density at radius 2 is 1.88 bits per heavy atom. The molecule has 0 unspecified atom stereocenters. The van der Waals surface area contributed by atoms with Crippen molar-refractivity contribution in [3.63, 3.8) is 0 Å². The maximum atomic E-state index is 14.2. The Morgan fingerprint density at radius 3 is 2.55 bits per heavy atom. The van der Waals surface area contributed by atoms with Crippen molar-refractivity contribution in [1.82, 2.24) is 0 Å². The first-order chi connectivity index (χ1) is 18.8. The van der Waals surface area contributed by atoms with Crippen molar-refractivity contribution >= 4 is 46.7 Å². The molecule has 7 rings (SSSR count). The van der Waals surface area contributed by atoms with Gasteiger partial charge in [-0.15, -0.1) is 0 Å². The van der Waals surface area contributed by atoms with Crippen LogP contribution in [0.25, 0.3) is 0 Å². The number of hydrogen-bond donors (Lipinski definition) is 4. The predicted molar refractivity (Wildman–Crippen MR) is 150 cm³/mol. The zero-order chi connectivity index (χ0) is 28.6. The van der Waals surface area contributed by atoms with Crippen LogP contribution < -0.4 is 5.32 Å². The number of ketones is 1. The van der Waals surface area contributed by atoms with Crippen LogP contribution in [-0.4, -0.2) is 44.7 Å². The Kier molecular flexibility index (Phi) is 6.29. The van der Waals surface area contributed by atoms with Gasteiger partial charge in [0.15, 0.2) is 11.5 Å². The van der Waals surface area contributed by atoms with Crippen molar-refractivity contribution in [1.29, 1.82) is 0 Å². The van der Waals surface area contributed by atoms with Gasteiger partial charge in [0.05, 0.1) is 16.6 Å². The fourth-order valence-corrected chi connectivity index (χ4v) is 9.19. The smallest absolute Gasteiger partial charge is 0.339 e. The van der Waals surface area contributed by atoms with Crippen LogP contribution in [0.15, 0.2) is 52.3 Å². The Morgan fingerprint density at radius 1 is 1.15 bits per heavy atom. The van der Waals surface area contributed by atoms with Gasteiger partial charge >= 0.3 is 5.97 Å². The number of anilines is 1. The third kappa shape index (κ3) is 4.13. The SMILES string of the molecule is C[C@]12C[C@@]34C=C(Sc5ccc(Cl)cc5)C(=O)[C@@](C)(CCC(=O)Nc5c(O)ccc(C(=O)O)c5O)[C@@H]3[C@H](C[C@@H]1C4)O2. The number of hydrogen-bond acceptors (Lipinski definition) is 7. The van der Waals surface area contributed by atoms with E-state index in [9.17, 15) is 29.7 Å². The monoisotopic (exact) mass is 583 g/mol. The number of allylic oxidation sites excluding steroid dienone is 2. The van der Waals surface area contributed by atoms with E-state index in [1.54, 1.807) is 12.1 Å². The van der Waals surface area contributed by atoms with Crippen molar-refractivity contribution in [3.05, 3.63) is 58.0 Å². The molecule has 2 heterocycles. The highest BCUT2D eigenvalue weighted by atomic mass is 35.5. The molecule has 0 aromatic heterocycles. The van der Waals surface area contributed by atoms with E-state index in [4.69, 9.17) is 16.3 Å². The van der Waals surface area contributed by atoms with E-state index in [2.05, 4.69) is 18.3 Å². The van der Waals surface area contributed by atoms with Crippen LogP contribution in [0.4, 0.5) is 5.69 Å². The number of carbonyl (C=O) groups excluding carboxylic acids is 2. The largest absolute Gasteiger partial charge is 0.506 e. The minimum Gasteiger partial charge on any atom is -0.506 e. The number of benzene rings is 2. The van der Waals surface area contributed by atoms with Gasteiger partial charge < -0.3 is 25.4 Å². The number of amides is 1. The topological polar surface area (TPSA) is 133 Å². The number of Topliss-reactive ketones (excluding diaryl/α,β-unsaturated/α-hetero) is 1. The molecule has 2 aliphatic heterocycles. The molecule has 3 aliphatic carbocycles. The molecule has 2 saturated carbocycles. The average Bonchev–Trinajstić information content (AvgIpc) is 3.25. The van der Waals surface area contributed by atoms with Crippen LogP contribution in [0.5, 0.6) is 11.5 Å². The lowest BCUT2D eigenvalue weighted by Crippen LogP contribution is -2.57. The zero-order valence-corrected chi connectivity index (χ0v) is 23.6. The van der Waals surface area contributed by atoms with E-state index in [1.165, 1.54) is 11.8 Å². The van der Waals surface area contributed by atoms with Crippen molar-refractivity contribution < 1.29 is 34.4 Å². The first-order valence-electron chi connectivity index (χ1n) is 13.3. The molecule has 4 fully saturated rings. The molecule has 5 aliphatic rings. The van der Waals surface area contributed by atoms with Crippen molar-refractivity contribution in [2.75, 3.05) is 5.32 Å². The van der Waals surface area contributed by atoms with Crippen LogP contribution in [0.1, 0.15) is 56.3 Å². The number of phenolic OH excluding ortho intramolecular Hbond substituents is 1. The molecule has 2 aromatic rings. The van der Waals surface area contributed by atoms with E-state index in [0.29, 0.717) is 15.8 Å². The van der Waals surface area contributed by atoms with Gasteiger partial charge in [-0.05, 0) is 80.3 Å². The third-order valence-electron chi connectivity index (χ3n) is 9.51. The van der Waals surface area contributed by atoms with Gasteiger partial charge in [-0.25, -0.2) is 4.79 Å². The molecular formula is C30H30ClNO7S. The molecule has 6 atom stereocenters. The highest BCUT2D eigenvalue weighted by Crippen LogP contribution is 2.72. The third-order valence-corrected chi connectivity index (χ3v) is 10.8. The molecule has 210 valence electrons. The summed E-state index contributed by atoms with van der Waals surface area (Å²) in [7, 11) is 0. The molecule has 1 amide bonds. The number of thioether (sulfide) groups is 1. The predicted octanol–water partition coefficient (Wildman–Crippen LogP) is 6.01. The van der Waals surface area contributed by atoms with Crippen LogP contribution in [0, 0.1) is 22.7 Å². The van der Waals surface area contributed by atoms with Gasteiger partial charge in [0.2, 0.25) is 5.91 Å². The number of ether oxygens (including phenoxy) is 1. The van der Waals surface area contributed by atoms with Gasteiger partial charge in [0.25, 0.3) is 0 Å². The number of rotatable bonds is 7. The van der Waals surface area contributed by atoms with Crippen LogP contribution >= 0.6 is 23.4 Å². The number of aromatic carboxylic acids is 1. The lowest BCUT2D eigenvalue weighted by Gasteiger charge is -2.56. The first-order valence-corrected chi connectivity index (χ1v) is 14.5. The lowest BCUT2D eigenvalue weighted by molar-refractivity contribution is -0.169. The van der Waals surface area contributed by atoms with Gasteiger partial charge in [0, 0.05) is 27.7 Å². The molecule has 2 saturated heterocycles. The summed E-state index contributed by atoms with van der Waals surface area (Å²) in [4.78, 5) is 40.3. The van der Waals surface area contributed by atoms with Crippen LogP contribution in [0.3, 0.4) is 0 Å². The van der Waals surface area contributed by atoms with E-state index in [1.807, 2.05) is 19.1 Å². The molecular weight excluding hydrogens is 554 g/mol. The number of carbonyl (C=O) groups is 3. The summed E-state index contributed by atoms with van der Waals surface area (Å²) in [5.74, 6) is -2.80. The minimum absolute atomic E-state index is 0.0306. The quantitative estimate of drug-likeness (QED) is 0.291. The summed E-state index contributed by atoms with van der Waals surface area (Å²) < 4.78 is 6.56. The van der Waals surface area contributed by atoms with E-state index in [-0.39, 0.29) is 47.4 Å². The molecule has 4 N–H and O–H groups in total. The van der Waals surface area contributed by atoms with Gasteiger partial charge in [-0.3, -0.25) is 9.59 Å². The molecule has 0 radical (unpaired) electrons. The number of nitrogens with one attached hydrogen (secondary N) is 1. The van der Waals surface area contributed by atoms with Crippen molar-refractivity contribution in [3.8, 4) is 11.5 Å². The summed E-state index contributed by atoms with van der Waals surface area (Å²) in [6, 6.07) is 9.52. The van der Waals surface area contributed by atoms with Gasteiger partial charge in [-0.2, -0.15) is 0 Å². The fraction of sp³-hybridized carbons (Fsp3) is 0.433. The van der Waals surface area contributed by atoms with Crippen molar-refractivity contribution in [2.24, 2.45) is 22.7 Å². The number of halogens is 1. The summed E-state index contributed by atoms with van der Waals surface area (Å²) >= 11 is 7.50. The molecule has 4 bridgehead atoms. The number of carboxylic acid groups (broad SMARTS) is 1. The van der Waals surface area contributed by atoms with E-state index < -0.39 is 34.4 Å².